The Morgan fingerprint density at radius 3 is 2.42 bits per heavy atom. The third-order valence-corrected chi connectivity index (χ3v) is 1.19. The quantitative estimate of drug-likeness (QED) is 0.361. The largest absolute Gasteiger partial charge is 0.516 e. The molecule has 0 saturated carbocycles. The van der Waals surface area contributed by atoms with Crippen LogP contribution in [0.4, 0.5) is 4.79 Å². The van der Waals surface area contributed by atoms with Crippen molar-refractivity contribution in [2.24, 2.45) is 0 Å². The monoisotopic (exact) mass is 172 g/mol. The number of ether oxygens (including phenoxy) is 2. The van der Waals surface area contributed by atoms with E-state index in [1.165, 1.54) is 0 Å². The van der Waals surface area contributed by atoms with E-state index < -0.39 is 12.1 Å². The van der Waals surface area contributed by atoms with E-state index in [4.69, 9.17) is 0 Å². The van der Waals surface area contributed by atoms with E-state index >= 15 is 0 Å². The number of esters is 1. The standard InChI is InChI=1S/C8H12O4/c1-4-6(3)7(9)12-8(10)11-5-2/h4H,5H2,1-3H3. The van der Waals surface area contributed by atoms with E-state index in [1.807, 2.05) is 0 Å². The Morgan fingerprint density at radius 2 is 2.00 bits per heavy atom. The summed E-state index contributed by atoms with van der Waals surface area (Å²) in [6.45, 7) is 5.07. The second kappa shape index (κ2) is 5.35. The Morgan fingerprint density at radius 1 is 1.42 bits per heavy atom. The predicted octanol–water partition coefficient (Wildman–Crippen LogP) is 1.65. The molecule has 0 aromatic carbocycles. The molecule has 0 heterocycles. The van der Waals surface area contributed by atoms with Gasteiger partial charge in [0.2, 0.25) is 0 Å². The Labute approximate surface area is 71.2 Å². The lowest BCUT2D eigenvalue weighted by Crippen LogP contribution is -2.14. The summed E-state index contributed by atoms with van der Waals surface area (Å²) in [7, 11) is 0. The maximum atomic E-state index is 10.9. The molecule has 0 aromatic heterocycles. The number of hydrogen-bond acceptors (Lipinski definition) is 4. The highest BCUT2D eigenvalue weighted by molar-refractivity contribution is 5.93. The summed E-state index contributed by atoms with van der Waals surface area (Å²) in [4.78, 5) is 21.4. The van der Waals surface area contributed by atoms with Crippen LogP contribution in [0.2, 0.25) is 0 Å². The maximum Gasteiger partial charge on any atom is 0.516 e. The van der Waals surface area contributed by atoms with Crippen LogP contribution in [-0.4, -0.2) is 18.7 Å². The summed E-state index contributed by atoms with van der Waals surface area (Å²) < 4.78 is 8.67. The highest BCUT2D eigenvalue weighted by Gasteiger charge is 2.11. The van der Waals surface area contributed by atoms with Crippen LogP contribution >= 0.6 is 0 Å². The van der Waals surface area contributed by atoms with Crippen molar-refractivity contribution >= 4 is 12.1 Å². The number of rotatable bonds is 2. The van der Waals surface area contributed by atoms with E-state index in [0.717, 1.165) is 0 Å². The minimum atomic E-state index is -0.955. The molecule has 68 valence electrons. The van der Waals surface area contributed by atoms with E-state index in [2.05, 4.69) is 9.47 Å². The summed E-state index contributed by atoms with van der Waals surface area (Å²) in [5, 5.41) is 0. The van der Waals surface area contributed by atoms with E-state index in [1.54, 1.807) is 26.8 Å². The Kier molecular flexibility index (Phi) is 4.76. The zero-order chi connectivity index (χ0) is 9.56. The first-order valence-corrected chi connectivity index (χ1v) is 3.63. The molecule has 4 heteroatoms. The van der Waals surface area contributed by atoms with Crippen LogP contribution in [0.3, 0.4) is 0 Å². The molecule has 0 unspecified atom stereocenters. The SMILES string of the molecule is CC=C(C)C(=O)OC(=O)OCC. The van der Waals surface area contributed by atoms with Crippen molar-refractivity contribution in [3.8, 4) is 0 Å². The van der Waals surface area contributed by atoms with Gasteiger partial charge in [-0.05, 0) is 20.8 Å². The molecule has 0 aliphatic carbocycles. The van der Waals surface area contributed by atoms with Crippen LogP contribution < -0.4 is 0 Å². The number of hydrogen-bond donors (Lipinski definition) is 0. The van der Waals surface area contributed by atoms with Crippen LogP contribution in [-0.2, 0) is 14.3 Å². The topological polar surface area (TPSA) is 52.6 Å². The molecule has 0 aliphatic rings. The minimum Gasteiger partial charge on any atom is -0.434 e. The van der Waals surface area contributed by atoms with Gasteiger partial charge >= 0.3 is 12.1 Å². The van der Waals surface area contributed by atoms with Crippen molar-refractivity contribution in [3.63, 3.8) is 0 Å². The van der Waals surface area contributed by atoms with Gasteiger partial charge in [0.15, 0.2) is 0 Å². The first kappa shape index (κ1) is 10.7. The zero-order valence-electron chi connectivity index (χ0n) is 7.42. The van der Waals surface area contributed by atoms with Crippen molar-refractivity contribution in [2.75, 3.05) is 6.61 Å². The molecular weight excluding hydrogens is 160 g/mol. The summed E-state index contributed by atoms with van der Waals surface area (Å²) >= 11 is 0. The van der Waals surface area contributed by atoms with Gasteiger partial charge in [-0.1, -0.05) is 6.08 Å². The molecule has 4 nitrogen and oxygen atoms in total. The normalized spacial score (nSPS) is 10.8. The zero-order valence-corrected chi connectivity index (χ0v) is 7.42. The van der Waals surface area contributed by atoms with Gasteiger partial charge in [-0.25, -0.2) is 9.59 Å². The molecule has 0 aliphatic heterocycles. The number of allylic oxidation sites excluding steroid dienone is 1. The van der Waals surface area contributed by atoms with Crippen molar-refractivity contribution in [1.82, 2.24) is 0 Å². The predicted molar refractivity (Wildman–Crippen MR) is 42.5 cm³/mol. The summed E-state index contributed by atoms with van der Waals surface area (Å²) in [5.41, 5.74) is 0.378. The van der Waals surface area contributed by atoms with Gasteiger partial charge in [0.1, 0.15) is 0 Å². The summed E-state index contributed by atoms with van der Waals surface area (Å²) in [6, 6.07) is 0. The van der Waals surface area contributed by atoms with Gasteiger partial charge in [-0.2, -0.15) is 0 Å². The highest BCUT2D eigenvalue weighted by Crippen LogP contribution is 1.97. The van der Waals surface area contributed by atoms with Crippen molar-refractivity contribution in [3.05, 3.63) is 11.6 Å². The van der Waals surface area contributed by atoms with Gasteiger partial charge < -0.3 is 9.47 Å². The molecule has 0 saturated heterocycles. The van der Waals surface area contributed by atoms with Crippen LogP contribution in [0, 0.1) is 0 Å². The molecule has 0 bridgehead atoms. The molecule has 0 radical (unpaired) electrons. The van der Waals surface area contributed by atoms with E-state index in [0.29, 0.717) is 5.57 Å². The number of carbonyl (C=O) groups is 2. The van der Waals surface area contributed by atoms with Crippen molar-refractivity contribution < 1.29 is 19.1 Å². The smallest absolute Gasteiger partial charge is 0.434 e. The molecule has 0 N–H and O–H groups in total. The molecule has 12 heavy (non-hydrogen) atoms. The summed E-state index contributed by atoms with van der Waals surface area (Å²) in [6.07, 6.45) is 0.602. The fraction of sp³-hybridized carbons (Fsp3) is 0.500. The third kappa shape index (κ3) is 3.75. The average Bonchev–Trinajstić information content (AvgIpc) is 2.03. The van der Waals surface area contributed by atoms with Crippen LogP contribution in [0.1, 0.15) is 20.8 Å². The molecule has 0 rings (SSSR count). The second-order valence-corrected chi connectivity index (χ2v) is 2.04. The molecular formula is C8H12O4. The van der Waals surface area contributed by atoms with E-state index in [-0.39, 0.29) is 6.61 Å². The Bertz CT molecular complexity index is 205. The minimum absolute atomic E-state index is 0.195. The third-order valence-electron chi connectivity index (χ3n) is 1.19. The molecule has 0 amide bonds. The van der Waals surface area contributed by atoms with Gasteiger partial charge in [-0.3, -0.25) is 0 Å². The first-order chi connectivity index (χ1) is 5.61. The fourth-order valence-electron chi connectivity index (χ4n) is 0.421. The van der Waals surface area contributed by atoms with Crippen molar-refractivity contribution in [2.45, 2.75) is 20.8 Å². The lowest BCUT2D eigenvalue weighted by Gasteiger charge is -2.01. The maximum absolute atomic E-state index is 10.9. The average molecular weight is 172 g/mol. The van der Waals surface area contributed by atoms with Gasteiger partial charge in [-0.15, -0.1) is 0 Å². The molecule has 0 atom stereocenters. The summed E-state index contributed by atoms with van der Waals surface area (Å²) in [5.74, 6) is -0.670. The Balaban J connectivity index is 3.93. The van der Waals surface area contributed by atoms with Gasteiger partial charge in [0.25, 0.3) is 0 Å². The van der Waals surface area contributed by atoms with Crippen LogP contribution in [0.15, 0.2) is 11.6 Å². The van der Waals surface area contributed by atoms with Gasteiger partial charge in [0, 0.05) is 5.57 Å². The molecule has 0 aromatic rings. The second-order valence-electron chi connectivity index (χ2n) is 2.04. The van der Waals surface area contributed by atoms with Crippen LogP contribution in [0.5, 0.6) is 0 Å². The van der Waals surface area contributed by atoms with Crippen molar-refractivity contribution in [1.29, 1.82) is 0 Å². The highest BCUT2D eigenvalue weighted by atomic mass is 16.7. The van der Waals surface area contributed by atoms with Crippen LogP contribution in [0.25, 0.3) is 0 Å². The lowest BCUT2D eigenvalue weighted by molar-refractivity contribution is -0.135. The molecule has 0 spiro atoms. The molecule has 0 fully saturated rings. The lowest BCUT2D eigenvalue weighted by atomic mass is 10.3. The fourth-order valence-corrected chi connectivity index (χ4v) is 0.421. The van der Waals surface area contributed by atoms with Gasteiger partial charge in [0.05, 0.1) is 6.61 Å². The van der Waals surface area contributed by atoms with E-state index in [9.17, 15) is 9.59 Å². The number of carbonyl (C=O) groups excluding carboxylic acids is 2. The Hall–Kier alpha value is -1.32. The first-order valence-electron chi connectivity index (χ1n) is 3.63.